The monoisotopic (exact) mass is 247 g/mol. The van der Waals surface area contributed by atoms with E-state index in [0.29, 0.717) is 12.4 Å². The lowest BCUT2D eigenvalue weighted by Gasteiger charge is -2.18. The number of thiol groups is 1. The molecule has 0 radical (unpaired) electrons. The molecule has 1 aromatic rings. The maximum atomic E-state index is 11.3. The number of rotatable bonds is 4. The lowest BCUT2D eigenvalue weighted by Crippen LogP contribution is -2.27. The molecule has 1 heterocycles. The van der Waals surface area contributed by atoms with E-state index in [0.717, 1.165) is 16.1 Å². The Labute approximate surface area is 95.1 Å². The zero-order chi connectivity index (χ0) is 11.5. The number of hydrogen-bond acceptors (Lipinski definition) is 5. The summed E-state index contributed by atoms with van der Waals surface area (Å²) in [6.07, 6.45) is 2.69. The average Bonchev–Trinajstić information content (AvgIpc) is 2.17. The molecule has 0 aliphatic rings. The van der Waals surface area contributed by atoms with Gasteiger partial charge in [0.25, 0.3) is 0 Å². The number of hydrogen-bond donors (Lipinski definition) is 2. The van der Waals surface area contributed by atoms with Gasteiger partial charge in [-0.15, -0.1) is 0 Å². The quantitative estimate of drug-likeness (QED) is 0.757. The van der Waals surface area contributed by atoms with Crippen molar-refractivity contribution in [2.45, 2.75) is 6.54 Å². The molecule has 0 aliphatic carbocycles. The second-order valence-electron chi connectivity index (χ2n) is 3.05. The van der Waals surface area contributed by atoms with Gasteiger partial charge in [0.05, 0.1) is 6.26 Å². The van der Waals surface area contributed by atoms with Crippen molar-refractivity contribution in [1.82, 2.24) is 9.71 Å². The molecule has 0 unspecified atom stereocenters. The van der Waals surface area contributed by atoms with Gasteiger partial charge in [-0.05, 0) is 6.07 Å². The topological polar surface area (TPSA) is 62.3 Å². The Bertz CT molecular complexity index is 433. The first kappa shape index (κ1) is 12.3. The van der Waals surface area contributed by atoms with Crippen LogP contribution in [0.15, 0.2) is 18.3 Å². The fourth-order valence-corrected chi connectivity index (χ4v) is 1.74. The third-order valence-corrected chi connectivity index (χ3v) is 3.26. The third-order valence-electron chi connectivity index (χ3n) is 1.93. The van der Waals surface area contributed by atoms with Gasteiger partial charge in [0.2, 0.25) is 10.0 Å². The van der Waals surface area contributed by atoms with Gasteiger partial charge in [-0.25, -0.2) is 13.4 Å². The minimum absolute atomic E-state index is 0.418. The Kier molecular flexibility index (Phi) is 3.95. The molecule has 1 aromatic heterocycles. The van der Waals surface area contributed by atoms with Crippen LogP contribution in [-0.2, 0) is 16.6 Å². The molecule has 0 amide bonds. The molecule has 84 valence electrons. The number of pyridine rings is 1. The molecule has 0 aromatic carbocycles. The first-order valence-electron chi connectivity index (χ1n) is 4.21. The van der Waals surface area contributed by atoms with Gasteiger partial charge < -0.3 is 0 Å². The van der Waals surface area contributed by atoms with Crippen molar-refractivity contribution in [1.29, 1.82) is 0 Å². The van der Waals surface area contributed by atoms with E-state index in [9.17, 15) is 8.42 Å². The molecule has 5 nitrogen and oxygen atoms in total. The number of anilines is 1. The van der Waals surface area contributed by atoms with Gasteiger partial charge >= 0.3 is 0 Å². The molecule has 7 heteroatoms. The van der Waals surface area contributed by atoms with E-state index < -0.39 is 10.0 Å². The summed E-state index contributed by atoms with van der Waals surface area (Å²) in [5.74, 6) is 0.418. The molecule has 0 saturated heterocycles. The Morgan fingerprint density at radius 2 is 2.27 bits per heavy atom. The van der Waals surface area contributed by atoms with Crippen molar-refractivity contribution in [3.8, 4) is 0 Å². The molecule has 1 rings (SSSR count). The summed E-state index contributed by atoms with van der Waals surface area (Å²) in [5, 5.41) is 0. The summed E-state index contributed by atoms with van der Waals surface area (Å²) in [6, 6.07) is 3.55. The van der Waals surface area contributed by atoms with Crippen LogP contribution in [0.25, 0.3) is 0 Å². The van der Waals surface area contributed by atoms with Crippen LogP contribution in [0.2, 0.25) is 0 Å². The zero-order valence-electron chi connectivity index (χ0n) is 8.51. The van der Waals surface area contributed by atoms with Crippen LogP contribution < -0.4 is 9.03 Å². The number of sulfonamides is 1. The van der Waals surface area contributed by atoms with Crippen molar-refractivity contribution in [3.63, 3.8) is 0 Å². The predicted octanol–water partition coefficient (Wildman–Crippen LogP) is 0.412. The van der Waals surface area contributed by atoms with Crippen molar-refractivity contribution in [3.05, 3.63) is 23.9 Å². The lowest BCUT2D eigenvalue weighted by molar-refractivity contribution is 0.599. The minimum Gasteiger partial charge on any atom is -0.262 e. The molecule has 0 bridgehead atoms. The molecular formula is C8H13N3O2S2. The second kappa shape index (κ2) is 4.82. The highest BCUT2D eigenvalue weighted by Gasteiger charge is 2.16. The van der Waals surface area contributed by atoms with Gasteiger partial charge in [-0.3, -0.25) is 9.03 Å². The Balaban J connectivity index is 3.13. The van der Waals surface area contributed by atoms with E-state index in [1.807, 2.05) is 0 Å². The van der Waals surface area contributed by atoms with Crippen molar-refractivity contribution in [2.75, 3.05) is 17.6 Å². The smallest absolute Gasteiger partial charge is 0.233 e. The zero-order valence-corrected chi connectivity index (χ0v) is 10.2. The molecule has 0 spiro atoms. The SMILES string of the molecule is CN(c1ncccc1CNS)S(C)(=O)=O. The first-order valence-corrected chi connectivity index (χ1v) is 6.51. The van der Waals surface area contributed by atoms with E-state index in [-0.39, 0.29) is 0 Å². The Hall–Kier alpha value is -0.790. The highest BCUT2D eigenvalue weighted by molar-refractivity contribution is 7.92. The number of nitrogens with one attached hydrogen (secondary N) is 1. The van der Waals surface area contributed by atoms with Crippen molar-refractivity contribution in [2.24, 2.45) is 0 Å². The number of nitrogens with zero attached hydrogens (tertiary/aromatic N) is 2. The van der Waals surface area contributed by atoms with Gasteiger partial charge in [-0.1, -0.05) is 18.9 Å². The maximum Gasteiger partial charge on any atom is 0.233 e. The Morgan fingerprint density at radius 1 is 1.60 bits per heavy atom. The molecule has 0 saturated carbocycles. The molecule has 1 N–H and O–H groups in total. The molecule has 0 aliphatic heterocycles. The van der Waals surface area contributed by atoms with Crippen LogP contribution >= 0.6 is 12.8 Å². The summed E-state index contributed by atoms with van der Waals surface area (Å²) in [7, 11) is -1.81. The Morgan fingerprint density at radius 3 is 2.80 bits per heavy atom. The molecule has 0 fully saturated rings. The van der Waals surface area contributed by atoms with E-state index in [1.54, 1.807) is 18.3 Å². The van der Waals surface area contributed by atoms with Gasteiger partial charge in [0.1, 0.15) is 5.82 Å². The highest BCUT2D eigenvalue weighted by atomic mass is 32.2. The lowest BCUT2D eigenvalue weighted by atomic mass is 10.2. The summed E-state index contributed by atoms with van der Waals surface area (Å²) in [4.78, 5) is 4.04. The summed E-state index contributed by atoms with van der Waals surface area (Å²) in [5.41, 5.74) is 0.778. The largest absolute Gasteiger partial charge is 0.262 e. The van der Waals surface area contributed by atoms with Crippen LogP contribution in [0, 0.1) is 0 Å². The van der Waals surface area contributed by atoms with E-state index in [2.05, 4.69) is 22.5 Å². The van der Waals surface area contributed by atoms with Gasteiger partial charge in [0, 0.05) is 25.4 Å². The van der Waals surface area contributed by atoms with Crippen LogP contribution in [0.5, 0.6) is 0 Å². The van der Waals surface area contributed by atoms with Crippen LogP contribution in [0.3, 0.4) is 0 Å². The van der Waals surface area contributed by atoms with Crippen LogP contribution in [0.4, 0.5) is 5.82 Å². The highest BCUT2D eigenvalue weighted by Crippen LogP contribution is 2.17. The minimum atomic E-state index is -3.28. The molecule has 0 atom stereocenters. The fourth-order valence-electron chi connectivity index (χ4n) is 1.09. The van der Waals surface area contributed by atoms with Crippen molar-refractivity contribution >= 4 is 28.7 Å². The standard InChI is InChI=1S/C8H13N3O2S2/c1-11(15(2,12)13)8-7(6-10-14)4-3-5-9-8/h3-5,10,14H,6H2,1-2H3. The van der Waals surface area contributed by atoms with E-state index in [1.165, 1.54) is 7.05 Å². The van der Waals surface area contributed by atoms with Crippen LogP contribution in [-0.4, -0.2) is 26.7 Å². The fraction of sp³-hybridized carbons (Fsp3) is 0.375. The summed E-state index contributed by atoms with van der Waals surface area (Å²) < 4.78 is 26.5. The van der Waals surface area contributed by atoms with Gasteiger partial charge in [0.15, 0.2) is 0 Å². The maximum absolute atomic E-state index is 11.3. The molecule has 15 heavy (non-hydrogen) atoms. The summed E-state index contributed by atoms with van der Waals surface area (Å²) >= 11 is 3.87. The van der Waals surface area contributed by atoms with Crippen molar-refractivity contribution < 1.29 is 8.42 Å². The second-order valence-corrected chi connectivity index (χ2v) is 5.38. The summed E-state index contributed by atoms with van der Waals surface area (Å²) in [6.45, 7) is 0.451. The normalized spacial score (nSPS) is 11.4. The first-order chi connectivity index (χ1) is 6.96. The van der Waals surface area contributed by atoms with Crippen LogP contribution in [0.1, 0.15) is 5.56 Å². The molecular weight excluding hydrogens is 234 g/mol. The van der Waals surface area contributed by atoms with E-state index in [4.69, 9.17) is 0 Å². The average molecular weight is 247 g/mol. The third kappa shape index (κ3) is 3.08. The van der Waals surface area contributed by atoms with Gasteiger partial charge in [-0.2, -0.15) is 0 Å². The van der Waals surface area contributed by atoms with E-state index >= 15 is 0 Å². The predicted molar refractivity (Wildman–Crippen MR) is 63.3 cm³/mol. The number of aromatic nitrogens is 1.